The van der Waals surface area contributed by atoms with E-state index in [9.17, 15) is 0 Å². The number of morpholine rings is 1. The van der Waals surface area contributed by atoms with Crippen molar-refractivity contribution < 1.29 is 4.74 Å². The largest absolute Gasteiger partial charge is 0.379 e. The van der Waals surface area contributed by atoms with E-state index in [4.69, 9.17) is 4.74 Å². The van der Waals surface area contributed by atoms with E-state index in [0.717, 1.165) is 38.3 Å². The first-order chi connectivity index (χ1) is 8.35. The van der Waals surface area contributed by atoms with Crippen molar-refractivity contribution >= 4 is 0 Å². The summed E-state index contributed by atoms with van der Waals surface area (Å²) >= 11 is 0. The van der Waals surface area contributed by atoms with Gasteiger partial charge in [-0.2, -0.15) is 0 Å². The van der Waals surface area contributed by atoms with Crippen molar-refractivity contribution in [3.8, 4) is 0 Å². The third-order valence-electron chi connectivity index (χ3n) is 4.51. The lowest BCUT2D eigenvalue weighted by atomic mass is 9.79. The Bertz CT molecular complexity index is 216. The van der Waals surface area contributed by atoms with Gasteiger partial charge in [0.1, 0.15) is 0 Å². The summed E-state index contributed by atoms with van der Waals surface area (Å²) in [5, 5.41) is 3.53. The summed E-state index contributed by atoms with van der Waals surface area (Å²) in [5.74, 6) is 0.956. The van der Waals surface area contributed by atoms with Gasteiger partial charge >= 0.3 is 0 Å². The maximum atomic E-state index is 5.47. The van der Waals surface area contributed by atoms with Crippen LogP contribution in [0.5, 0.6) is 0 Å². The number of hydrogen-bond donors (Lipinski definition) is 1. The number of rotatable bonds is 4. The summed E-state index contributed by atoms with van der Waals surface area (Å²) in [6.45, 7) is 6.41. The second kappa shape index (κ2) is 6.72. The normalized spacial score (nSPS) is 36.0. The second-order valence-electron chi connectivity index (χ2n) is 5.58. The van der Waals surface area contributed by atoms with Gasteiger partial charge in [-0.05, 0) is 32.2 Å². The SMILES string of the molecule is CCCC1CCC(NC)C(N2CCOCC2)C1. The van der Waals surface area contributed by atoms with Gasteiger partial charge in [-0.25, -0.2) is 0 Å². The third kappa shape index (κ3) is 3.43. The fourth-order valence-electron chi connectivity index (χ4n) is 3.55. The quantitative estimate of drug-likeness (QED) is 0.812. The lowest BCUT2D eigenvalue weighted by Gasteiger charge is -2.44. The van der Waals surface area contributed by atoms with Gasteiger partial charge in [-0.3, -0.25) is 4.90 Å². The predicted molar refractivity (Wildman–Crippen MR) is 71.3 cm³/mol. The average molecular weight is 240 g/mol. The third-order valence-corrected chi connectivity index (χ3v) is 4.51. The topological polar surface area (TPSA) is 24.5 Å². The summed E-state index contributed by atoms with van der Waals surface area (Å²) in [5.41, 5.74) is 0. The lowest BCUT2D eigenvalue weighted by Crippen LogP contribution is -2.55. The molecule has 1 aliphatic heterocycles. The number of nitrogens with one attached hydrogen (secondary N) is 1. The molecule has 0 spiro atoms. The highest BCUT2D eigenvalue weighted by molar-refractivity contribution is 4.91. The van der Waals surface area contributed by atoms with Gasteiger partial charge in [0.15, 0.2) is 0 Å². The number of likely N-dealkylation sites (N-methyl/N-ethyl adjacent to an activating group) is 1. The molecular weight excluding hydrogens is 212 g/mol. The summed E-state index contributed by atoms with van der Waals surface area (Å²) in [6.07, 6.45) is 6.91. The molecule has 0 aromatic carbocycles. The Hall–Kier alpha value is -0.120. The molecule has 1 saturated heterocycles. The molecule has 0 amide bonds. The molecule has 2 rings (SSSR count). The second-order valence-corrected chi connectivity index (χ2v) is 5.58. The molecule has 1 heterocycles. The van der Waals surface area contributed by atoms with Crippen molar-refractivity contribution in [2.24, 2.45) is 5.92 Å². The molecular formula is C14H28N2O. The van der Waals surface area contributed by atoms with E-state index < -0.39 is 0 Å². The van der Waals surface area contributed by atoms with Crippen molar-refractivity contribution in [1.82, 2.24) is 10.2 Å². The highest BCUT2D eigenvalue weighted by atomic mass is 16.5. The lowest BCUT2D eigenvalue weighted by molar-refractivity contribution is -0.00669. The smallest absolute Gasteiger partial charge is 0.0594 e. The molecule has 0 radical (unpaired) electrons. The molecule has 3 unspecified atom stereocenters. The van der Waals surface area contributed by atoms with Crippen LogP contribution in [0, 0.1) is 5.92 Å². The average Bonchev–Trinajstić information content (AvgIpc) is 2.40. The van der Waals surface area contributed by atoms with E-state index in [-0.39, 0.29) is 0 Å². The minimum absolute atomic E-state index is 0.696. The van der Waals surface area contributed by atoms with Gasteiger partial charge in [0, 0.05) is 25.2 Å². The summed E-state index contributed by atoms with van der Waals surface area (Å²) in [4.78, 5) is 2.66. The minimum atomic E-state index is 0.696. The van der Waals surface area contributed by atoms with Crippen molar-refractivity contribution in [2.45, 2.75) is 51.1 Å². The molecule has 17 heavy (non-hydrogen) atoms. The Balaban J connectivity index is 1.93. The van der Waals surface area contributed by atoms with Gasteiger partial charge in [0.25, 0.3) is 0 Å². The molecule has 3 heteroatoms. The molecule has 3 atom stereocenters. The highest BCUT2D eigenvalue weighted by Gasteiger charge is 2.33. The Labute approximate surface area is 106 Å². The first kappa shape index (κ1) is 13.3. The summed E-state index contributed by atoms with van der Waals surface area (Å²) in [6, 6.07) is 1.44. The number of nitrogens with zero attached hydrogens (tertiary/aromatic N) is 1. The molecule has 0 bridgehead atoms. The van der Waals surface area contributed by atoms with Crippen LogP contribution >= 0.6 is 0 Å². The molecule has 2 aliphatic rings. The van der Waals surface area contributed by atoms with Gasteiger partial charge in [0.05, 0.1) is 13.2 Å². The monoisotopic (exact) mass is 240 g/mol. The van der Waals surface area contributed by atoms with Gasteiger partial charge in [-0.1, -0.05) is 19.8 Å². The first-order valence-corrected chi connectivity index (χ1v) is 7.34. The zero-order valence-electron chi connectivity index (χ0n) is 11.5. The maximum Gasteiger partial charge on any atom is 0.0594 e. The van der Waals surface area contributed by atoms with E-state index >= 15 is 0 Å². The van der Waals surface area contributed by atoms with E-state index in [2.05, 4.69) is 24.2 Å². The van der Waals surface area contributed by atoms with E-state index in [1.165, 1.54) is 32.1 Å². The number of hydrogen-bond acceptors (Lipinski definition) is 3. The van der Waals surface area contributed by atoms with E-state index in [1.807, 2.05) is 0 Å². The minimum Gasteiger partial charge on any atom is -0.379 e. The zero-order valence-corrected chi connectivity index (χ0v) is 11.5. The fraction of sp³-hybridized carbons (Fsp3) is 1.00. The van der Waals surface area contributed by atoms with Gasteiger partial charge < -0.3 is 10.1 Å². The number of ether oxygens (including phenoxy) is 1. The molecule has 0 aromatic heterocycles. The molecule has 2 fully saturated rings. The van der Waals surface area contributed by atoms with Crippen molar-refractivity contribution in [2.75, 3.05) is 33.4 Å². The molecule has 100 valence electrons. The van der Waals surface area contributed by atoms with Crippen molar-refractivity contribution in [1.29, 1.82) is 0 Å². The Morgan fingerprint density at radius 2 is 2.00 bits per heavy atom. The molecule has 3 nitrogen and oxygen atoms in total. The molecule has 1 saturated carbocycles. The standard InChI is InChI=1S/C14H28N2O/c1-3-4-12-5-6-13(15-2)14(11-12)16-7-9-17-10-8-16/h12-15H,3-11H2,1-2H3. The Kier molecular flexibility index (Phi) is 5.26. The van der Waals surface area contributed by atoms with Crippen LogP contribution in [0.3, 0.4) is 0 Å². The zero-order chi connectivity index (χ0) is 12.1. The molecule has 0 aromatic rings. The van der Waals surface area contributed by atoms with Gasteiger partial charge in [0.2, 0.25) is 0 Å². The van der Waals surface area contributed by atoms with Crippen LogP contribution in [0.15, 0.2) is 0 Å². The Morgan fingerprint density at radius 1 is 1.24 bits per heavy atom. The molecule has 1 N–H and O–H groups in total. The van der Waals surface area contributed by atoms with Crippen molar-refractivity contribution in [3.05, 3.63) is 0 Å². The summed E-state index contributed by atoms with van der Waals surface area (Å²) in [7, 11) is 2.12. The molecule has 1 aliphatic carbocycles. The van der Waals surface area contributed by atoms with Crippen LogP contribution in [0.2, 0.25) is 0 Å². The Morgan fingerprint density at radius 3 is 2.65 bits per heavy atom. The van der Waals surface area contributed by atoms with E-state index in [0.29, 0.717) is 6.04 Å². The highest BCUT2D eigenvalue weighted by Crippen LogP contribution is 2.31. The van der Waals surface area contributed by atoms with Crippen LogP contribution in [-0.4, -0.2) is 50.3 Å². The fourth-order valence-corrected chi connectivity index (χ4v) is 3.55. The first-order valence-electron chi connectivity index (χ1n) is 7.34. The van der Waals surface area contributed by atoms with Crippen molar-refractivity contribution in [3.63, 3.8) is 0 Å². The van der Waals surface area contributed by atoms with Crippen LogP contribution in [0.25, 0.3) is 0 Å². The van der Waals surface area contributed by atoms with Crippen LogP contribution in [0.1, 0.15) is 39.0 Å². The predicted octanol–water partition coefficient (Wildman–Crippen LogP) is 1.88. The van der Waals surface area contributed by atoms with Crippen LogP contribution < -0.4 is 5.32 Å². The van der Waals surface area contributed by atoms with Crippen LogP contribution in [-0.2, 0) is 4.74 Å². The maximum absolute atomic E-state index is 5.47. The summed E-state index contributed by atoms with van der Waals surface area (Å²) < 4.78 is 5.47. The van der Waals surface area contributed by atoms with E-state index in [1.54, 1.807) is 0 Å². The van der Waals surface area contributed by atoms with Crippen LogP contribution in [0.4, 0.5) is 0 Å². The van der Waals surface area contributed by atoms with Gasteiger partial charge in [-0.15, -0.1) is 0 Å².